The van der Waals surface area contributed by atoms with E-state index in [2.05, 4.69) is 20.8 Å². The van der Waals surface area contributed by atoms with Crippen LogP contribution in [-0.2, 0) is 0 Å². The van der Waals surface area contributed by atoms with Crippen molar-refractivity contribution in [1.82, 2.24) is 0 Å². The maximum Gasteiger partial charge on any atom is 0.0596 e. The normalized spacial score (nSPS) is 54.2. The zero-order valence-corrected chi connectivity index (χ0v) is 15.5. The molecule has 4 aliphatic carbocycles. The minimum absolute atomic E-state index is 0.0764. The van der Waals surface area contributed by atoms with Gasteiger partial charge < -0.3 is 15.3 Å². The molecule has 8 atom stereocenters. The molecule has 4 aliphatic rings. The summed E-state index contributed by atoms with van der Waals surface area (Å²) in [5.41, 5.74) is 2.75. The van der Waals surface area contributed by atoms with Crippen molar-refractivity contribution in [2.45, 2.75) is 77.9 Å². The Morgan fingerprint density at radius 1 is 1.08 bits per heavy atom. The van der Waals surface area contributed by atoms with Crippen molar-refractivity contribution in [2.75, 3.05) is 6.61 Å². The third-order valence-corrected chi connectivity index (χ3v) is 8.87. The predicted molar refractivity (Wildman–Crippen MR) is 94.3 cm³/mol. The molecule has 136 valence electrons. The Bertz CT molecular complexity index is 555. The van der Waals surface area contributed by atoms with Crippen LogP contribution in [-0.4, -0.2) is 34.1 Å². The lowest BCUT2D eigenvalue weighted by Gasteiger charge is -2.61. The molecule has 0 saturated heterocycles. The summed E-state index contributed by atoms with van der Waals surface area (Å²) in [4.78, 5) is 0. The van der Waals surface area contributed by atoms with Crippen molar-refractivity contribution in [3.63, 3.8) is 0 Å². The summed E-state index contributed by atoms with van der Waals surface area (Å²) in [7, 11) is 0. The lowest BCUT2D eigenvalue weighted by molar-refractivity contribution is -0.109. The summed E-state index contributed by atoms with van der Waals surface area (Å²) in [6.07, 6.45) is 6.56. The Kier molecular flexibility index (Phi) is 3.95. The van der Waals surface area contributed by atoms with Crippen molar-refractivity contribution in [3.05, 3.63) is 11.1 Å². The van der Waals surface area contributed by atoms with E-state index in [1.165, 1.54) is 11.1 Å². The second kappa shape index (κ2) is 5.56. The number of aliphatic hydroxyl groups excluding tert-OH is 3. The maximum absolute atomic E-state index is 10.6. The van der Waals surface area contributed by atoms with Crippen LogP contribution in [0.3, 0.4) is 0 Å². The zero-order chi connectivity index (χ0) is 17.3. The van der Waals surface area contributed by atoms with E-state index in [1.807, 2.05) is 0 Å². The predicted octanol–water partition coefficient (Wildman–Crippen LogP) is 3.28. The van der Waals surface area contributed by atoms with Gasteiger partial charge in [-0.25, -0.2) is 0 Å². The second-order valence-corrected chi connectivity index (χ2v) is 9.67. The van der Waals surface area contributed by atoms with E-state index in [1.54, 1.807) is 0 Å². The first-order valence-electron chi connectivity index (χ1n) is 10.0. The van der Waals surface area contributed by atoms with Crippen molar-refractivity contribution in [1.29, 1.82) is 0 Å². The molecule has 4 rings (SSSR count). The number of rotatable bonds is 1. The summed E-state index contributed by atoms with van der Waals surface area (Å²) in [5, 5.41) is 31.5. The monoisotopic (exact) mass is 334 g/mol. The van der Waals surface area contributed by atoms with Gasteiger partial charge in [0.15, 0.2) is 0 Å². The van der Waals surface area contributed by atoms with Crippen molar-refractivity contribution in [2.24, 2.45) is 34.5 Å². The van der Waals surface area contributed by atoms with Gasteiger partial charge in [0.2, 0.25) is 0 Å². The molecule has 0 radical (unpaired) electrons. The second-order valence-electron chi connectivity index (χ2n) is 9.67. The third kappa shape index (κ3) is 2.01. The fourth-order valence-corrected chi connectivity index (χ4v) is 7.62. The van der Waals surface area contributed by atoms with Gasteiger partial charge in [0, 0.05) is 5.41 Å². The quantitative estimate of drug-likeness (QED) is 0.645. The van der Waals surface area contributed by atoms with E-state index in [0.29, 0.717) is 23.7 Å². The fourth-order valence-electron chi connectivity index (χ4n) is 7.62. The SMILES string of the molecule is CC1=C2CC(O)CC(C)[C@]2(CO)[C@@H]2CC[C@]3(C)C(O)CC[C@H]3[C@@H]2C1. The highest BCUT2D eigenvalue weighted by atomic mass is 16.3. The molecule has 0 spiro atoms. The molecule has 3 saturated carbocycles. The van der Waals surface area contributed by atoms with Crippen LogP contribution >= 0.6 is 0 Å². The number of hydrogen-bond acceptors (Lipinski definition) is 3. The summed E-state index contributed by atoms with van der Waals surface area (Å²) in [6.45, 7) is 7.00. The topological polar surface area (TPSA) is 60.7 Å². The molecular weight excluding hydrogens is 300 g/mol. The van der Waals surface area contributed by atoms with E-state index in [0.717, 1.165) is 44.9 Å². The zero-order valence-electron chi connectivity index (χ0n) is 15.5. The first-order valence-corrected chi connectivity index (χ1v) is 10.0. The van der Waals surface area contributed by atoms with Crippen LogP contribution in [0.25, 0.3) is 0 Å². The van der Waals surface area contributed by atoms with Gasteiger partial charge in [-0.05, 0) is 81.0 Å². The third-order valence-electron chi connectivity index (χ3n) is 8.87. The molecule has 24 heavy (non-hydrogen) atoms. The minimum Gasteiger partial charge on any atom is -0.395 e. The molecule has 0 amide bonds. The molecule has 3 unspecified atom stereocenters. The average Bonchev–Trinajstić information content (AvgIpc) is 2.84. The van der Waals surface area contributed by atoms with Crippen LogP contribution < -0.4 is 0 Å². The molecule has 3 heteroatoms. The highest BCUT2D eigenvalue weighted by Gasteiger charge is 2.61. The Morgan fingerprint density at radius 2 is 1.83 bits per heavy atom. The molecular formula is C21H34O3. The minimum atomic E-state index is -0.247. The summed E-state index contributed by atoms with van der Waals surface area (Å²) >= 11 is 0. The van der Waals surface area contributed by atoms with Gasteiger partial charge in [-0.15, -0.1) is 0 Å². The number of hydrogen-bond donors (Lipinski definition) is 3. The van der Waals surface area contributed by atoms with Crippen molar-refractivity contribution < 1.29 is 15.3 Å². The maximum atomic E-state index is 10.6. The van der Waals surface area contributed by atoms with Gasteiger partial charge in [-0.3, -0.25) is 0 Å². The van der Waals surface area contributed by atoms with Crippen LogP contribution in [0.5, 0.6) is 0 Å². The summed E-state index contributed by atoms with van der Waals surface area (Å²) < 4.78 is 0. The Labute approximate surface area is 146 Å². The summed E-state index contributed by atoms with van der Waals surface area (Å²) in [5.74, 6) is 2.03. The molecule has 0 bridgehead atoms. The first kappa shape index (κ1) is 17.1. The highest BCUT2D eigenvalue weighted by Crippen LogP contribution is 2.66. The van der Waals surface area contributed by atoms with Crippen LogP contribution in [0.15, 0.2) is 11.1 Å². The van der Waals surface area contributed by atoms with Gasteiger partial charge in [0.1, 0.15) is 0 Å². The first-order chi connectivity index (χ1) is 11.3. The molecule has 0 aromatic carbocycles. The molecule has 0 aromatic heterocycles. The van der Waals surface area contributed by atoms with Crippen LogP contribution in [0.1, 0.15) is 65.7 Å². The van der Waals surface area contributed by atoms with Gasteiger partial charge in [0.05, 0.1) is 18.8 Å². The number of fused-ring (bicyclic) bond motifs is 5. The van der Waals surface area contributed by atoms with Gasteiger partial charge >= 0.3 is 0 Å². The van der Waals surface area contributed by atoms with Gasteiger partial charge in [-0.2, -0.15) is 0 Å². The van der Waals surface area contributed by atoms with Gasteiger partial charge in [0.25, 0.3) is 0 Å². The lowest BCUT2D eigenvalue weighted by atomic mass is 9.44. The van der Waals surface area contributed by atoms with E-state index >= 15 is 0 Å². The van der Waals surface area contributed by atoms with E-state index < -0.39 is 0 Å². The molecule has 0 aromatic rings. The van der Waals surface area contributed by atoms with E-state index in [9.17, 15) is 15.3 Å². The molecule has 0 aliphatic heterocycles. The standard InChI is InChI=1S/C21H34O3/c1-12-8-15-16-4-5-19(24)20(16,3)7-6-17(15)21(11-22)13(2)9-14(23)10-18(12)21/h13-17,19,22-24H,4-11H2,1-3H3/t13?,14?,15-,16-,17+,19?,20-,21+/m0/s1. The van der Waals surface area contributed by atoms with Crippen LogP contribution in [0.4, 0.5) is 0 Å². The molecule has 3 N–H and O–H groups in total. The Morgan fingerprint density at radius 3 is 2.54 bits per heavy atom. The average molecular weight is 335 g/mol. The Hall–Kier alpha value is -0.380. The van der Waals surface area contributed by atoms with Crippen LogP contribution in [0.2, 0.25) is 0 Å². The highest BCUT2D eigenvalue weighted by molar-refractivity contribution is 5.32. The fraction of sp³-hybridized carbons (Fsp3) is 0.905. The Balaban J connectivity index is 1.79. The lowest BCUT2D eigenvalue weighted by Crippen LogP contribution is -2.57. The molecule has 3 fully saturated rings. The molecule has 0 heterocycles. The smallest absolute Gasteiger partial charge is 0.0596 e. The van der Waals surface area contributed by atoms with E-state index in [-0.39, 0.29) is 29.6 Å². The van der Waals surface area contributed by atoms with Gasteiger partial charge in [-0.1, -0.05) is 25.0 Å². The van der Waals surface area contributed by atoms with E-state index in [4.69, 9.17) is 0 Å². The number of allylic oxidation sites excluding steroid dienone is 1. The number of aliphatic hydroxyl groups is 3. The van der Waals surface area contributed by atoms with Crippen molar-refractivity contribution in [3.8, 4) is 0 Å². The van der Waals surface area contributed by atoms with Crippen molar-refractivity contribution >= 4 is 0 Å². The summed E-state index contributed by atoms with van der Waals surface area (Å²) in [6, 6.07) is 0. The van der Waals surface area contributed by atoms with Crippen LogP contribution in [0, 0.1) is 34.5 Å². The largest absolute Gasteiger partial charge is 0.395 e. The molecule has 3 nitrogen and oxygen atoms in total.